The Morgan fingerprint density at radius 3 is 1.08 bits per heavy atom. The quantitative estimate of drug-likeness (QED) is 0.172. The van der Waals surface area contributed by atoms with Crippen LogP contribution in [0.3, 0.4) is 0 Å². The van der Waals surface area contributed by atoms with E-state index in [9.17, 15) is 0 Å². The molecule has 0 fully saturated rings. The minimum atomic E-state index is 0.907. The molecular formula is C44H42N4. The van der Waals surface area contributed by atoms with Crippen LogP contribution < -0.4 is 9.80 Å². The zero-order chi connectivity index (χ0) is 33.7. The van der Waals surface area contributed by atoms with Gasteiger partial charge in [0.05, 0.1) is 11.4 Å². The van der Waals surface area contributed by atoms with Crippen molar-refractivity contribution in [1.29, 1.82) is 0 Å². The number of aromatic nitrogens is 2. The van der Waals surface area contributed by atoms with Crippen molar-refractivity contribution in [3.05, 3.63) is 154 Å². The van der Waals surface area contributed by atoms with E-state index in [0.717, 1.165) is 23.0 Å². The first kappa shape index (κ1) is 31.1. The molecule has 0 aliphatic heterocycles. The van der Waals surface area contributed by atoms with Crippen LogP contribution in [-0.2, 0) is 0 Å². The van der Waals surface area contributed by atoms with Crippen LogP contribution in [0.15, 0.2) is 109 Å². The maximum Gasteiger partial charge on any atom is 0.137 e. The topological polar surface area (TPSA) is 32.3 Å². The predicted octanol–water partition coefficient (Wildman–Crippen LogP) is 12.2. The van der Waals surface area contributed by atoms with Crippen LogP contribution >= 0.6 is 0 Å². The van der Waals surface area contributed by atoms with Crippen molar-refractivity contribution in [3.8, 4) is 0 Å². The molecule has 7 aromatic rings. The van der Waals surface area contributed by atoms with Gasteiger partial charge in [-0.2, -0.15) is 0 Å². The van der Waals surface area contributed by atoms with Gasteiger partial charge >= 0.3 is 0 Å². The Morgan fingerprint density at radius 1 is 0.375 bits per heavy atom. The molecule has 2 aromatic heterocycles. The summed E-state index contributed by atoms with van der Waals surface area (Å²) in [5.41, 5.74) is 14.8. The molecule has 0 aliphatic carbocycles. The van der Waals surface area contributed by atoms with E-state index in [1.54, 1.807) is 0 Å². The summed E-state index contributed by atoms with van der Waals surface area (Å²) in [5.74, 6) is 1.81. The van der Waals surface area contributed by atoms with Gasteiger partial charge in [-0.15, -0.1) is 0 Å². The molecule has 0 spiro atoms. The van der Waals surface area contributed by atoms with E-state index in [2.05, 4.69) is 150 Å². The molecule has 48 heavy (non-hydrogen) atoms. The highest BCUT2D eigenvalue weighted by Crippen LogP contribution is 2.43. The summed E-state index contributed by atoms with van der Waals surface area (Å²) in [6.45, 7) is 17.6. The second-order valence-electron chi connectivity index (χ2n) is 13.2. The lowest BCUT2D eigenvalue weighted by Gasteiger charge is -2.30. The Bertz CT molecular complexity index is 2110. The number of benzene rings is 5. The average Bonchev–Trinajstić information content (AvgIpc) is 3.09. The van der Waals surface area contributed by atoms with Crippen LogP contribution in [0, 0.1) is 55.4 Å². The van der Waals surface area contributed by atoms with Crippen molar-refractivity contribution in [2.24, 2.45) is 0 Å². The molecule has 4 heteroatoms. The predicted molar refractivity (Wildman–Crippen MR) is 204 cm³/mol. The molecule has 0 saturated heterocycles. The molecule has 0 unspecified atom stereocenters. The van der Waals surface area contributed by atoms with Gasteiger partial charge in [-0.25, -0.2) is 9.97 Å². The van der Waals surface area contributed by atoms with Crippen LogP contribution in [0.5, 0.6) is 0 Å². The van der Waals surface area contributed by atoms with E-state index in [4.69, 9.17) is 9.97 Å². The summed E-state index contributed by atoms with van der Waals surface area (Å²) in [5, 5.41) is 4.77. The van der Waals surface area contributed by atoms with Gasteiger partial charge in [-0.3, -0.25) is 9.80 Å². The van der Waals surface area contributed by atoms with Gasteiger partial charge in [0.2, 0.25) is 0 Å². The third-order valence-electron chi connectivity index (χ3n) is 10.1. The molecule has 0 atom stereocenters. The average molecular weight is 627 g/mol. The Labute approximate surface area is 284 Å². The van der Waals surface area contributed by atoms with E-state index < -0.39 is 0 Å². The van der Waals surface area contributed by atoms with Crippen molar-refractivity contribution in [2.75, 3.05) is 9.80 Å². The Morgan fingerprint density at radius 2 is 0.750 bits per heavy atom. The van der Waals surface area contributed by atoms with Crippen LogP contribution in [0.4, 0.5) is 34.4 Å². The molecule has 0 saturated carbocycles. The van der Waals surface area contributed by atoms with Crippen LogP contribution in [0.25, 0.3) is 21.5 Å². The maximum absolute atomic E-state index is 4.82. The van der Waals surface area contributed by atoms with E-state index in [-0.39, 0.29) is 0 Å². The fourth-order valence-corrected chi connectivity index (χ4v) is 7.04. The summed E-state index contributed by atoms with van der Waals surface area (Å²) in [6.07, 6.45) is 3.74. The number of fused-ring (bicyclic) bond motifs is 2. The van der Waals surface area contributed by atoms with Crippen LogP contribution in [0.1, 0.15) is 44.5 Å². The lowest BCUT2D eigenvalue weighted by Crippen LogP contribution is -2.15. The molecule has 7 rings (SSSR count). The van der Waals surface area contributed by atoms with Gasteiger partial charge in [0, 0.05) is 23.8 Å². The molecule has 4 nitrogen and oxygen atoms in total. The SMILES string of the molecule is Cc1cc(C)c(C)c(N(c2ccc3cc4cc(N(c5ccccn5)c5c(C)c(C)cc(C)c5C)ccc4cc3c2)c2ccccn2)c1C. The fourth-order valence-electron chi connectivity index (χ4n) is 7.04. The first-order valence-electron chi connectivity index (χ1n) is 16.7. The Balaban J connectivity index is 1.39. The van der Waals surface area contributed by atoms with Crippen molar-refractivity contribution in [1.82, 2.24) is 9.97 Å². The number of hydrogen-bond donors (Lipinski definition) is 0. The number of nitrogens with zero attached hydrogens (tertiary/aromatic N) is 4. The van der Waals surface area contributed by atoms with Crippen LogP contribution in [-0.4, -0.2) is 9.97 Å². The smallest absolute Gasteiger partial charge is 0.137 e. The number of hydrogen-bond acceptors (Lipinski definition) is 4. The molecule has 238 valence electrons. The number of pyridine rings is 2. The molecule has 0 amide bonds. The van der Waals surface area contributed by atoms with Crippen molar-refractivity contribution in [2.45, 2.75) is 55.4 Å². The summed E-state index contributed by atoms with van der Waals surface area (Å²) < 4.78 is 0. The second-order valence-corrected chi connectivity index (χ2v) is 13.2. The molecule has 0 N–H and O–H groups in total. The first-order valence-corrected chi connectivity index (χ1v) is 16.7. The van der Waals surface area contributed by atoms with Gasteiger partial charge in [0.15, 0.2) is 0 Å². The van der Waals surface area contributed by atoms with E-state index in [0.29, 0.717) is 0 Å². The largest absolute Gasteiger partial charge is 0.294 e. The number of aryl methyl sites for hydroxylation is 4. The maximum atomic E-state index is 4.82. The lowest BCUT2D eigenvalue weighted by atomic mass is 9.96. The van der Waals surface area contributed by atoms with Gasteiger partial charge < -0.3 is 0 Å². The van der Waals surface area contributed by atoms with Crippen molar-refractivity contribution < 1.29 is 0 Å². The Kier molecular flexibility index (Phi) is 7.96. The zero-order valence-electron chi connectivity index (χ0n) is 29.2. The number of rotatable bonds is 6. The molecular weight excluding hydrogens is 585 g/mol. The second kappa shape index (κ2) is 12.3. The zero-order valence-corrected chi connectivity index (χ0v) is 29.2. The molecule has 5 aromatic carbocycles. The summed E-state index contributed by atoms with van der Waals surface area (Å²) >= 11 is 0. The highest BCUT2D eigenvalue weighted by molar-refractivity contribution is 6.02. The molecule has 0 radical (unpaired) electrons. The fraction of sp³-hybridized carbons (Fsp3) is 0.182. The minimum absolute atomic E-state index is 0.907. The standard InChI is InChI=1S/C44H42N4/c1-27-21-28(2)32(6)43(31(27)5)47(41-13-9-11-19-45-41)39-17-15-35-24-38-26-40(18-16-36(38)23-37(35)25-39)48(42-14-10-12-20-46-42)44-33(7)29(3)22-30(4)34(44)8/h9-26H,1-8H3. The Hall–Kier alpha value is -5.48. The van der Waals surface area contributed by atoms with Crippen molar-refractivity contribution >= 4 is 55.9 Å². The van der Waals surface area contributed by atoms with Gasteiger partial charge in [0.1, 0.15) is 11.6 Å². The lowest BCUT2D eigenvalue weighted by molar-refractivity contribution is 1.13. The number of anilines is 6. The molecule has 2 heterocycles. The monoisotopic (exact) mass is 626 g/mol. The first-order chi connectivity index (χ1) is 23.1. The van der Waals surface area contributed by atoms with E-state index in [1.807, 2.05) is 24.5 Å². The summed E-state index contributed by atoms with van der Waals surface area (Å²) in [6, 6.07) is 35.0. The summed E-state index contributed by atoms with van der Waals surface area (Å²) in [7, 11) is 0. The van der Waals surface area contributed by atoms with Gasteiger partial charge in [-0.05, 0) is 182 Å². The third kappa shape index (κ3) is 5.37. The van der Waals surface area contributed by atoms with Gasteiger partial charge in [0.25, 0.3) is 0 Å². The van der Waals surface area contributed by atoms with E-state index in [1.165, 1.54) is 77.4 Å². The molecule has 0 aliphatic rings. The third-order valence-corrected chi connectivity index (χ3v) is 10.1. The normalized spacial score (nSPS) is 11.3. The van der Waals surface area contributed by atoms with Crippen LogP contribution in [0.2, 0.25) is 0 Å². The van der Waals surface area contributed by atoms with Crippen molar-refractivity contribution in [3.63, 3.8) is 0 Å². The van der Waals surface area contributed by atoms with Gasteiger partial charge in [-0.1, -0.05) is 36.4 Å². The molecule has 0 bridgehead atoms. The summed E-state index contributed by atoms with van der Waals surface area (Å²) in [4.78, 5) is 14.3. The minimum Gasteiger partial charge on any atom is -0.294 e. The van der Waals surface area contributed by atoms with E-state index >= 15 is 0 Å². The highest BCUT2D eigenvalue weighted by atomic mass is 15.2. The highest BCUT2D eigenvalue weighted by Gasteiger charge is 2.22.